The Balaban J connectivity index is 1.59. The highest BCUT2D eigenvalue weighted by Crippen LogP contribution is 2.42. The molecule has 1 spiro atoms. The second kappa shape index (κ2) is 6.34. The summed E-state index contributed by atoms with van der Waals surface area (Å²) in [6.07, 6.45) is 6.72. The molecule has 0 saturated carbocycles. The van der Waals surface area contributed by atoms with Crippen LogP contribution in [0.4, 0.5) is 0 Å². The fourth-order valence-corrected chi connectivity index (χ4v) is 3.58. The molecule has 0 N–H and O–H groups in total. The number of hydrogen-bond donors (Lipinski definition) is 0. The smallest absolute Gasteiger partial charge is 0.255 e. The van der Waals surface area contributed by atoms with Crippen molar-refractivity contribution in [3.8, 4) is 0 Å². The first kappa shape index (κ1) is 15.4. The fraction of sp³-hybridized carbons (Fsp3) is 0.647. The van der Waals surface area contributed by atoms with Gasteiger partial charge in [-0.05, 0) is 43.2 Å². The summed E-state index contributed by atoms with van der Waals surface area (Å²) in [5.74, 6) is 0.0957. The van der Waals surface area contributed by atoms with Crippen LogP contribution >= 0.6 is 0 Å². The molecular formula is C17H24N2O3. The molecule has 5 nitrogen and oxygen atoms in total. The molecule has 120 valence electrons. The van der Waals surface area contributed by atoms with E-state index in [-0.39, 0.29) is 17.4 Å². The average Bonchev–Trinajstić information content (AvgIpc) is 2.90. The topological polar surface area (TPSA) is 51.7 Å². The van der Waals surface area contributed by atoms with Gasteiger partial charge in [0.05, 0.1) is 24.9 Å². The van der Waals surface area contributed by atoms with E-state index in [0.29, 0.717) is 12.2 Å². The number of likely N-dealkylation sites (tertiary alicyclic amines) is 1. The summed E-state index contributed by atoms with van der Waals surface area (Å²) in [6, 6.07) is 1.91. The molecule has 3 rings (SSSR count). The Labute approximate surface area is 131 Å². The van der Waals surface area contributed by atoms with Gasteiger partial charge in [0.1, 0.15) is 0 Å². The number of carbonyl (C=O) groups is 1. The maximum atomic E-state index is 12.6. The summed E-state index contributed by atoms with van der Waals surface area (Å²) in [5, 5.41) is 0. The lowest BCUT2D eigenvalue weighted by Gasteiger charge is -2.38. The lowest BCUT2D eigenvalue weighted by molar-refractivity contribution is 0.0281. The Morgan fingerprint density at radius 2 is 2.23 bits per heavy atom. The molecule has 22 heavy (non-hydrogen) atoms. The average molecular weight is 304 g/mol. The maximum absolute atomic E-state index is 12.6. The van der Waals surface area contributed by atoms with E-state index in [0.717, 1.165) is 44.5 Å². The number of aromatic nitrogens is 1. The van der Waals surface area contributed by atoms with Crippen LogP contribution in [0.25, 0.3) is 0 Å². The number of rotatable bonds is 3. The Morgan fingerprint density at radius 1 is 1.45 bits per heavy atom. The first-order chi connectivity index (χ1) is 10.6. The maximum Gasteiger partial charge on any atom is 0.255 e. The Morgan fingerprint density at radius 3 is 2.91 bits per heavy atom. The largest absolute Gasteiger partial charge is 0.382 e. The standard InChI is InChI=1S/C17H24N2O3/c1-13-7-14(10-18-9-13)16(20)19-5-3-17(4-6-19)8-15(11-21-2)22-12-17/h7,9-10,15H,3-6,8,11-12H2,1-2H3/t15-/m1/s1. The number of carbonyl (C=O) groups excluding carboxylic acids is 1. The van der Waals surface area contributed by atoms with Crippen LogP contribution in [0.15, 0.2) is 18.5 Å². The van der Waals surface area contributed by atoms with E-state index in [4.69, 9.17) is 9.47 Å². The molecule has 2 aliphatic heterocycles. The van der Waals surface area contributed by atoms with E-state index in [1.165, 1.54) is 0 Å². The first-order valence-electron chi connectivity index (χ1n) is 7.93. The third-order valence-corrected chi connectivity index (χ3v) is 4.87. The monoisotopic (exact) mass is 304 g/mol. The van der Waals surface area contributed by atoms with Crippen LogP contribution < -0.4 is 0 Å². The van der Waals surface area contributed by atoms with Gasteiger partial charge >= 0.3 is 0 Å². The summed E-state index contributed by atoms with van der Waals surface area (Å²) in [5.41, 5.74) is 1.95. The van der Waals surface area contributed by atoms with Crippen LogP contribution in [0.2, 0.25) is 0 Å². The zero-order valence-electron chi connectivity index (χ0n) is 13.4. The molecule has 3 heterocycles. The van der Waals surface area contributed by atoms with Gasteiger partial charge in [-0.1, -0.05) is 0 Å². The first-order valence-corrected chi connectivity index (χ1v) is 7.93. The van der Waals surface area contributed by atoms with Crippen LogP contribution in [0.1, 0.15) is 35.2 Å². The van der Waals surface area contributed by atoms with Crippen LogP contribution in [-0.4, -0.2) is 55.3 Å². The lowest BCUT2D eigenvalue weighted by Crippen LogP contribution is -2.43. The van der Waals surface area contributed by atoms with E-state index in [1.54, 1.807) is 19.5 Å². The molecule has 1 atom stereocenters. The van der Waals surface area contributed by atoms with E-state index in [1.807, 2.05) is 17.9 Å². The minimum absolute atomic E-state index is 0.0957. The number of piperidine rings is 1. The third-order valence-electron chi connectivity index (χ3n) is 4.87. The van der Waals surface area contributed by atoms with Gasteiger partial charge in [0.15, 0.2) is 0 Å². The lowest BCUT2D eigenvalue weighted by atomic mass is 9.76. The van der Waals surface area contributed by atoms with E-state index >= 15 is 0 Å². The van der Waals surface area contributed by atoms with Crippen LogP contribution in [0.5, 0.6) is 0 Å². The van der Waals surface area contributed by atoms with Crippen molar-refractivity contribution in [3.63, 3.8) is 0 Å². The molecule has 0 aromatic carbocycles. The van der Waals surface area contributed by atoms with Gasteiger partial charge in [-0.25, -0.2) is 0 Å². The predicted molar refractivity (Wildman–Crippen MR) is 82.8 cm³/mol. The molecule has 1 aromatic heterocycles. The van der Waals surface area contributed by atoms with Gasteiger partial charge in [0, 0.05) is 32.6 Å². The van der Waals surface area contributed by atoms with Crippen molar-refractivity contribution in [2.45, 2.75) is 32.3 Å². The molecule has 5 heteroatoms. The number of aryl methyl sites for hydroxylation is 1. The molecule has 1 amide bonds. The Bertz CT molecular complexity index is 538. The number of amides is 1. The van der Waals surface area contributed by atoms with Crippen LogP contribution in [0, 0.1) is 12.3 Å². The molecule has 2 saturated heterocycles. The summed E-state index contributed by atoms with van der Waals surface area (Å²) < 4.78 is 11.0. The van der Waals surface area contributed by atoms with Crippen LogP contribution in [0.3, 0.4) is 0 Å². The SMILES string of the molecule is COC[C@H]1CC2(CCN(C(=O)c3cncc(C)c3)CC2)CO1. The van der Waals surface area contributed by atoms with E-state index in [9.17, 15) is 4.79 Å². The molecular weight excluding hydrogens is 280 g/mol. The Kier molecular flexibility index (Phi) is 4.45. The number of hydrogen-bond acceptors (Lipinski definition) is 4. The second-order valence-electron chi connectivity index (χ2n) is 6.64. The molecule has 2 aliphatic rings. The summed E-state index contributed by atoms with van der Waals surface area (Å²) in [6.45, 7) is 5.03. The van der Waals surface area contributed by atoms with Gasteiger partial charge in [0.25, 0.3) is 5.91 Å². The number of methoxy groups -OCH3 is 1. The van der Waals surface area contributed by atoms with Gasteiger partial charge in [-0.3, -0.25) is 9.78 Å². The van der Waals surface area contributed by atoms with Gasteiger partial charge in [-0.2, -0.15) is 0 Å². The molecule has 2 fully saturated rings. The fourth-order valence-electron chi connectivity index (χ4n) is 3.58. The van der Waals surface area contributed by atoms with Gasteiger partial charge in [0.2, 0.25) is 0 Å². The molecule has 0 unspecified atom stereocenters. The molecule has 0 aliphatic carbocycles. The van der Waals surface area contributed by atoms with Crippen LogP contribution in [-0.2, 0) is 9.47 Å². The van der Waals surface area contributed by atoms with Crippen molar-refractivity contribution in [2.24, 2.45) is 5.41 Å². The zero-order valence-corrected chi connectivity index (χ0v) is 13.4. The molecule has 1 aromatic rings. The summed E-state index contributed by atoms with van der Waals surface area (Å²) in [4.78, 5) is 18.6. The van der Waals surface area contributed by atoms with Gasteiger partial charge in [-0.15, -0.1) is 0 Å². The number of ether oxygens (including phenoxy) is 2. The van der Waals surface area contributed by atoms with E-state index < -0.39 is 0 Å². The normalized spacial score (nSPS) is 23.9. The number of nitrogens with zero attached hydrogens (tertiary/aromatic N) is 2. The summed E-state index contributed by atoms with van der Waals surface area (Å²) >= 11 is 0. The van der Waals surface area contributed by atoms with Gasteiger partial charge < -0.3 is 14.4 Å². The van der Waals surface area contributed by atoms with Crippen molar-refractivity contribution >= 4 is 5.91 Å². The van der Waals surface area contributed by atoms with Crippen molar-refractivity contribution in [2.75, 3.05) is 33.4 Å². The quantitative estimate of drug-likeness (QED) is 0.857. The number of pyridine rings is 1. The van der Waals surface area contributed by atoms with Crippen molar-refractivity contribution in [3.05, 3.63) is 29.6 Å². The predicted octanol–water partition coefficient (Wildman–Crippen LogP) is 2.05. The second-order valence-corrected chi connectivity index (χ2v) is 6.64. The van der Waals surface area contributed by atoms with E-state index in [2.05, 4.69) is 4.98 Å². The van der Waals surface area contributed by atoms with Crippen molar-refractivity contribution < 1.29 is 14.3 Å². The highest BCUT2D eigenvalue weighted by Gasteiger charge is 2.43. The minimum Gasteiger partial charge on any atom is -0.382 e. The van der Waals surface area contributed by atoms with Crippen molar-refractivity contribution in [1.29, 1.82) is 0 Å². The molecule has 0 radical (unpaired) electrons. The Hall–Kier alpha value is -1.46. The summed E-state index contributed by atoms with van der Waals surface area (Å²) in [7, 11) is 1.71. The third kappa shape index (κ3) is 3.15. The van der Waals surface area contributed by atoms with Crippen molar-refractivity contribution in [1.82, 2.24) is 9.88 Å². The zero-order chi connectivity index (χ0) is 15.6. The highest BCUT2D eigenvalue weighted by molar-refractivity contribution is 5.94. The highest BCUT2D eigenvalue weighted by atomic mass is 16.5. The minimum atomic E-state index is 0.0957. The molecule has 0 bridgehead atoms.